The Morgan fingerprint density at radius 2 is 1.95 bits per heavy atom. The van der Waals surface area contributed by atoms with Crippen LogP contribution in [0.1, 0.15) is 12.5 Å². The van der Waals surface area contributed by atoms with Crippen molar-refractivity contribution in [3.8, 4) is 17.6 Å². The van der Waals surface area contributed by atoms with Gasteiger partial charge in [0.25, 0.3) is 0 Å². The maximum absolute atomic E-state index is 12.0. The minimum Gasteiger partial charge on any atom is -0.478 e. The first-order valence-corrected chi connectivity index (χ1v) is 7.50. The second-order valence-corrected chi connectivity index (χ2v) is 5.68. The monoisotopic (exact) mass is 379 g/mol. The Labute approximate surface area is 141 Å². The molecule has 112 valence electrons. The summed E-state index contributed by atoms with van der Waals surface area (Å²) in [5.74, 6) is 0.315. The van der Waals surface area contributed by atoms with Crippen LogP contribution in [0, 0.1) is 11.3 Å². The van der Waals surface area contributed by atoms with E-state index in [0.717, 1.165) is 0 Å². The highest BCUT2D eigenvalue weighted by Crippen LogP contribution is 2.29. The van der Waals surface area contributed by atoms with Gasteiger partial charge >= 0.3 is 5.97 Å². The van der Waals surface area contributed by atoms with Gasteiger partial charge in [0.15, 0.2) is 6.10 Å². The highest BCUT2D eigenvalue weighted by Gasteiger charge is 2.18. The smallest absolute Gasteiger partial charge is 0.352 e. The van der Waals surface area contributed by atoms with Crippen molar-refractivity contribution < 1.29 is 14.3 Å². The molecule has 0 radical (unpaired) electrons. The average molecular weight is 381 g/mol. The molecule has 0 saturated carbocycles. The molecular weight excluding hydrogens is 370 g/mol. The second kappa shape index (κ2) is 7.30. The van der Waals surface area contributed by atoms with Gasteiger partial charge in [-0.25, -0.2) is 4.79 Å². The molecule has 4 nitrogen and oxygen atoms in total. The minimum absolute atomic E-state index is 0.356. The molecule has 2 rings (SSSR count). The predicted octanol–water partition coefficient (Wildman–Crippen LogP) is 4.35. The van der Waals surface area contributed by atoms with E-state index >= 15 is 0 Å². The lowest BCUT2D eigenvalue weighted by molar-refractivity contribution is -0.141. The maximum Gasteiger partial charge on any atom is 0.352 e. The summed E-state index contributed by atoms with van der Waals surface area (Å²) < 4.78 is 11.4. The predicted molar refractivity (Wildman–Crippen MR) is 86.0 cm³/mol. The Kier molecular flexibility index (Phi) is 5.42. The van der Waals surface area contributed by atoms with Gasteiger partial charge in [-0.05, 0) is 65.3 Å². The zero-order valence-electron chi connectivity index (χ0n) is 11.5. The van der Waals surface area contributed by atoms with Crippen LogP contribution in [0.2, 0.25) is 5.02 Å². The van der Waals surface area contributed by atoms with E-state index in [1.165, 1.54) is 0 Å². The summed E-state index contributed by atoms with van der Waals surface area (Å²) in [7, 11) is 0. The van der Waals surface area contributed by atoms with Crippen LogP contribution in [0.4, 0.5) is 0 Å². The number of rotatable bonds is 4. The number of benzene rings is 2. The Morgan fingerprint density at radius 1 is 1.27 bits per heavy atom. The van der Waals surface area contributed by atoms with E-state index in [1.807, 2.05) is 6.07 Å². The van der Waals surface area contributed by atoms with Crippen molar-refractivity contribution in [3.05, 3.63) is 57.5 Å². The molecule has 0 bridgehead atoms. The van der Waals surface area contributed by atoms with Crippen molar-refractivity contribution in [2.24, 2.45) is 0 Å². The van der Waals surface area contributed by atoms with Crippen LogP contribution >= 0.6 is 27.5 Å². The molecule has 0 spiro atoms. The standard InChI is InChI=1S/C16H11BrClNO3/c1-10(21-15-7-4-12(18)8-14(15)17)16(20)22-13-5-2-11(9-19)3-6-13/h2-8,10H,1H3. The van der Waals surface area contributed by atoms with Crippen LogP contribution in [0.15, 0.2) is 46.9 Å². The average Bonchev–Trinajstić information content (AvgIpc) is 2.50. The van der Waals surface area contributed by atoms with Crippen molar-refractivity contribution in [2.75, 3.05) is 0 Å². The molecule has 6 heteroatoms. The molecule has 0 aliphatic rings. The molecule has 0 aliphatic heterocycles. The van der Waals surface area contributed by atoms with Gasteiger partial charge in [-0.15, -0.1) is 0 Å². The first kappa shape index (κ1) is 16.3. The number of carbonyl (C=O) groups is 1. The van der Waals surface area contributed by atoms with Crippen LogP contribution in [-0.2, 0) is 4.79 Å². The van der Waals surface area contributed by atoms with Crippen LogP contribution in [0.3, 0.4) is 0 Å². The SMILES string of the molecule is CC(Oc1ccc(Cl)cc1Br)C(=O)Oc1ccc(C#N)cc1. The zero-order valence-corrected chi connectivity index (χ0v) is 13.9. The van der Waals surface area contributed by atoms with E-state index in [-0.39, 0.29) is 0 Å². The number of ether oxygens (including phenoxy) is 2. The van der Waals surface area contributed by atoms with Crippen LogP contribution in [-0.4, -0.2) is 12.1 Å². The zero-order chi connectivity index (χ0) is 16.1. The Balaban J connectivity index is 2.01. The number of nitriles is 1. The molecule has 2 aromatic rings. The van der Waals surface area contributed by atoms with Crippen LogP contribution in [0.25, 0.3) is 0 Å². The Morgan fingerprint density at radius 3 is 2.55 bits per heavy atom. The van der Waals surface area contributed by atoms with Crippen molar-refractivity contribution in [1.82, 2.24) is 0 Å². The molecule has 0 heterocycles. The summed E-state index contributed by atoms with van der Waals surface area (Å²) in [6.07, 6.45) is -0.798. The third kappa shape index (κ3) is 4.23. The summed E-state index contributed by atoms with van der Waals surface area (Å²) >= 11 is 9.16. The van der Waals surface area contributed by atoms with E-state index in [9.17, 15) is 4.79 Å². The third-order valence-electron chi connectivity index (χ3n) is 2.73. The fraction of sp³-hybridized carbons (Fsp3) is 0.125. The molecule has 0 aliphatic carbocycles. The van der Waals surface area contributed by atoms with Crippen LogP contribution in [0.5, 0.6) is 11.5 Å². The van der Waals surface area contributed by atoms with E-state index in [0.29, 0.717) is 26.6 Å². The summed E-state index contributed by atoms with van der Waals surface area (Å²) in [4.78, 5) is 12.0. The molecule has 0 fully saturated rings. The maximum atomic E-state index is 12.0. The van der Waals surface area contributed by atoms with Gasteiger partial charge in [0.2, 0.25) is 0 Å². The van der Waals surface area contributed by atoms with Crippen molar-refractivity contribution in [3.63, 3.8) is 0 Å². The molecule has 0 N–H and O–H groups in total. The lowest BCUT2D eigenvalue weighted by Crippen LogP contribution is -2.28. The summed E-state index contributed by atoms with van der Waals surface area (Å²) in [6, 6.07) is 13.3. The number of carbonyl (C=O) groups excluding carboxylic acids is 1. The van der Waals surface area contributed by atoms with Crippen molar-refractivity contribution in [1.29, 1.82) is 5.26 Å². The van der Waals surface area contributed by atoms with Crippen LogP contribution < -0.4 is 9.47 Å². The molecule has 2 aromatic carbocycles. The highest BCUT2D eigenvalue weighted by atomic mass is 79.9. The minimum atomic E-state index is -0.798. The van der Waals surface area contributed by atoms with Gasteiger partial charge in [-0.1, -0.05) is 11.6 Å². The number of hydrogen-bond donors (Lipinski definition) is 0. The molecule has 1 unspecified atom stereocenters. The number of esters is 1. The van der Waals surface area contributed by atoms with Gasteiger partial charge in [-0.2, -0.15) is 5.26 Å². The normalized spacial score (nSPS) is 11.4. The molecule has 0 amide bonds. The quantitative estimate of drug-likeness (QED) is 0.584. The third-order valence-corrected chi connectivity index (χ3v) is 3.59. The lowest BCUT2D eigenvalue weighted by Gasteiger charge is -2.15. The fourth-order valence-corrected chi connectivity index (χ4v) is 2.38. The van der Waals surface area contributed by atoms with Crippen molar-refractivity contribution >= 4 is 33.5 Å². The van der Waals surface area contributed by atoms with Gasteiger partial charge in [0.1, 0.15) is 11.5 Å². The van der Waals surface area contributed by atoms with E-state index in [1.54, 1.807) is 49.4 Å². The molecule has 1 atom stereocenters. The highest BCUT2D eigenvalue weighted by molar-refractivity contribution is 9.10. The second-order valence-electron chi connectivity index (χ2n) is 4.39. The fourth-order valence-electron chi connectivity index (χ4n) is 1.61. The molecular formula is C16H11BrClNO3. The number of hydrogen-bond acceptors (Lipinski definition) is 4. The van der Waals surface area contributed by atoms with E-state index < -0.39 is 12.1 Å². The molecule has 0 aromatic heterocycles. The van der Waals surface area contributed by atoms with Gasteiger partial charge in [-0.3, -0.25) is 0 Å². The Hall–Kier alpha value is -2.03. The van der Waals surface area contributed by atoms with Gasteiger partial charge in [0, 0.05) is 5.02 Å². The first-order chi connectivity index (χ1) is 10.5. The summed E-state index contributed by atoms with van der Waals surface area (Å²) in [6.45, 7) is 1.59. The van der Waals surface area contributed by atoms with E-state index in [4.69, 9.17) is 26.3 Å². The van der Waals surface area contributed by atoms with Gasteiger partial charge < -0.3 is 9.47 Å². The Bertz CT molecular complexity index is 725. The summed E-state index contributed by atoms with van der Waals surface area (Å²) in [5.41, 5.74) is 0.495. The molecule has 0 saturated heterocycles. The largest absolute Gasteiger partial charge is 0.478 e. The lowest BCUT2D eigenvalue weighted by atomic mass is 10.2. The van der Waals surface area contributed by atoms with Crippen molar-refractivity contribution in [2.45, 2.75) is 13.0 Å². The summed E-state index contributed by atoms with van der Waals surface area (Å²) in [5, 5.41) is 9.28. The van der Waals surface area contributed by atoms with Gasteiger partial charge in [0.05, 0.1) is 16.1 Å². The first-order valence-electron chi connectivity index (χ1n) is 6.33. The van der Waals surface area contributed by atoms with E-state index in [2.05, 4.69) is 15.9 Å². The molecule has 22 heavy (non-hydrogen) atoms. The number of nitrogens with zero attached hydrogens (tertiary/aromatic N) is 1. The number of halogens is 2. The topological polar surface area (TPSA) is 59.3 Å².